The van der Waals surface area contributed by atoms with Gasteiger partial charge in [0.05, 0.1) is 7.11 Å². The first-order chi connectivity index (χ1) is 9.26. The summed E-state index contributed by atoms with van der Waals surface area (Å²) < 4.78 is 4.62. The fourth-order valence-corrected chi connectivity index (χ4v) is 2.10. The van der Waals surface area contributed by atoms with Crippen LogP contribution in [0.5, 0.6) is 0 Å². The van der Waals surface area contributed by atoms with Crippen LogP contribution in [-0.2, 0) is 9.53 Å². The van der Waals surface area contributed by atoms with E-state index in [1.54, 1.807) is 0 Å². The molecule has 0 aromatic rings. The molecule has 0 bridgehead atoms. The van der Waals surface area contributed by atoms with Crippen molar-refractivity contribution in [2.24, 2.45) is 5.92 Å². The van der Waals surface area contributed by atoms with E-state index in [1.165, 1.54) is 42.7 Å². The van der Waals surface area contributed by atoms with E-state index < -0.39 is 0 Å². The highest BCUT2D eigenvalue weighted by Crippen LogP contribution is 2.21. The summed E-state index contributed by atoms with van der Waals surface area (Å²) in [7, 11) is 1.40. The number of methoxy groups -OCH3 is 1. The Labute approximate surface area is 124 Å². The summed E-state index contributed by atoms with van der Waals surface area (Å²) >= 11 is 0. The molecule has 0 radical (unpaired) electrons. The van der Waals surface area contributed by atoms with E-state index in [9.17, 15) is 4.79 Å². The van der Waals surface area contributed by atoms with Gasteiger partial charge in [-0.05, 0) is 65.4 Å². The number of carbonyl (C=O) groups is 1. The first-order valence-electron chi connectivity index (χ1n) is 7.32. The zero-order valence-electron chi connectivity index (χ0n) is 14.2. The summed E-state index contributed by atoms with van der Waals surface area (Å²) in [6, 6.07) is 0. The van der Waals surface area contributed by atoms with Crippen molar-refractivity contribution in [2.75, 3.05) is 7.11 Å². The molecule has 0 aliphatic heterocycles. The molecule has 2 heteroatoms. The molecule has 0 fully saturated rings. The molecule has 0 amide bonds. The molecular formula is C18H30O2. The van der Waals surface area contributed by atoms with Crippen molar-refractivity contribution >= 4 is 5.97 Å². The predicted molar refractivity (Wildman–Crippen MR) is 86.6 cm³/mol. The van der Waals surface area contributed by atoms with Crippen LogP contribution in [0.15, 0.2) is 34.4 Å². The fourth-order valence-electron chi connectivity index (χ4n) is 2.10. The maximum atomic E-state index is 11.1. The van der Waals surface area contributed by atoms with Crippen LogP contribution >= 0.6 is 0 Å². The molecule has 1 unspecified atom stereocenters. The molecule has 0 saturated carbocycles. The van der Waals surface area contributed by atoms with Crippen molar-refractivity contribution in [3.8, 4) is 0 Å². The average Bonchev–Trinajstić information content (AvgIpc) is 2.34. The van der Waals surface area contributed by atoms with E-state index in [-0.39, 0.29) is 5.97 Å². The van der Waals surface area contributed by atoms with Crippen LogP contribution in [0.1, 0.15) is 60.8 Å². The molecule has 0 spiro atoms. The topological polar surface area (TPSA) is 26.3 Å². The molecule has 0 rings (SSSR count). The van der Waals surface area contributed by atoms with Gasteiger partial charge in [-0.3, -0.25) is 0 Å². The van der Waals surface area contributed by atoms with Gasteiger partial charge in [0.1, 0.15) is 0 Å². The largest absolute Gasteiger partial charge is 0.466 e. The van der Waals surface area contributed by atoms with Crippen molar-refractivity contribution in [1.82, 2.24) is 0 Å². The number of allylic oxidation sites excluding steroid dienone is 5. The summed E-state index contributed by atoms with van der Waals surface area (Å²) in [4.78, 5) is 11.1. The standard InChI is InChI=1S/C18H30O2/c1-13(2)17(6)9-8-14(3)10-15(4)11-16(5)12-18(19)20-7/h11-12,14H,8-10H2,1-7H3/b15-11+,16-12+. The van der Waals surface area contributed by atoms with Crippen molar-refractivity contribution in [3.63, 3.8) is 0 Å². The summed E-state index contributed by atoms with van der Waals surface area (Å²) in [5.74, 6) is 0.366. The smallest absolute Gasteiger partial charge is 0.330 e. The van der Waals surface area contributed by atoms with Gasteiger partial charge in [-0.25, -0.2) is 4.79 Å². The van der Waals surface area contributed by atoms with Gasteiger partial charge < -0.3 is 4.74 Å². The Morgan fingerprint density at radius 2 is 1.70 bits per heavy atom. The number of rotatable bonds is 7. The maximum absolute atomic E-state index is 11.1. The lowest BCUT2D eigenvalue weighted by atomic mass is 9.93. The number of ether oxygens (including phenoxy) is 1. The highest BCUT2D eigenvalue weighted by Gasteiger charge is 2.05. The molecule has 0 aliphatic rings. The quantitative estimate of drug-likeness (QED) is 0.276. The first-order valence-corrected chi connectivity index (χ1v) is 7.32. The minimum absolute atomic E-state index is 0.293. The summed E-state index contributed by atoms with van der Waals surface area (Å²) in [5, 5.41) is 0. The lowest BCUT2D eigenvalue weighted by Gasteiger charge is -2.13. The molecule has 0 aromatic carbocycles. The number of hydrogen-bond donors (Lipinski definition) is 0. The minimum atomic E-state index is -0.293. The Morgan fingerprint density at radius 1 is 1.10 bits per heavy atom. The van der Waals surface area contributed by atoms with Gasteiger partial charge in [-0.15, -0.1) is 0 Å². The third-order valence-electron chi connectivity index (χ3n) is 3.56. The average molecular weight is 278 g/mol. The van der Waals surface area contributed by atoms with E-state index in [4.69, 9.17) is 0 Å². The first kappa shape index (κ1) is 18.7. The van der Waals surface area contributed by atoms with Gasteiger partial charge in [0.15, 0.2) is 0 Å². The Morgan fingerprint density at radius 3 is 2.20 bits per heavy atom. The van der Waals surface area contributed by atoms with E-state index in [0.717, 1.165) is 12.0 Å². The van der Waals surface area contributed by atoms with Crippen molar-refractivity contribution in [2.45, 2.75) is 60.8 Å². The van der Waals surface area contributed by atoms with Gasteiger partial charge in [0.25, 0.3) is 0 Å². The van der Waals surface area contributed by atoms with Crippen LogP contribution in [0.4, 0.5) is 0 Å². The third kappa shape index (κ3) is 8.73. The van der Waals surface area contributed by atoms with Gasteiger partial charge in [0.2, 0.25) is 0 Å². The van der Waals surface area contributed by atoms with E-state index >= 15 is 0 Å². The van der Waals surface area contributed by atoms with Crippen LogP contribution in [-0.4, -0.2) is 13.1 Å². The fraction of sp³-hybridized carbons (Fsp3) is 0.611. The van der Waals surface area contributed by atoms with Crippen LogP contribution in [0, 0.1) is 5.92 Å². The Bertz CT molecular complexity index is 407. The van der Waals surface area contributed by atoms with Crippen molar-refractivity contribution in [1.29, 1.82) is 0 Å². The molecular weight excluding hydrogens is 248 g/mol. The summed E-state index contributed by atoms with van der Waals surface area (Å²) in [6.07, 6.45) is 7.06. The van der Waals surface area contributed by atoms with E-state index in [2.05, 4.69) is 45.4 Å². The van der Waals surface area contributed by atoms with Crippen molar-refractivity contribution < 1.29 is 9.53 Å². The third-order valence-corrected chi connectivity index (χ3v) is 3.56. The van der Waals surface area contributed by atoms with E-state index in [0.29, 0.717) is 5.92 Å². The highest BCUT2D eigenvalue weighted by atomic mass is 16.5. The Balaban J connectivity index is 4.38. The van der Waals surface area contributed by atoms with Crippen LogP contribution in [0.3, 0.4) is 0 Å². The van der Waals surface area contributed by atoms with Gasteiger partial charge in [-0.1, -0.05) is 29.7 Å². The number of hydrogen-bond acceptors (Lipinski definition) is 2. The van der Waals surface area contributed by atoms with Crippen molar-refractivity contribution in [3.05, 3.63) is 34.4 Å². The normalized spacial score (nSPS) is 13.9. The maximum Gasteiger partial charge on any atom is 0.330 e. The number of carbonyl (C=O) groups excluding carboxylic acids is 1. The van der Waals surface area contributed by atoms with Crippen LogP contribution < -0.4 is 0 Å². The molecule has 0 aromatic heterocycles. The predicted octanol–water partition coefficient (Wildman–Crippen LogP) is 5.21. The molecule has 0 heterocycles. The molecule has 0 N–H and O–H groups in total. The Hall–Kier alpha value is -1.31. The second kappa shape index (κ2) is 9.57. The van der Waals surface area contributed by atoms with Crippen LogP contribution in [0.25, 0.3) is 0 Å². The molecule has 0 saturated heterocycles. The Kier molecular flexibility index (Phi) is 8.94. The van der Waals surface area contributed by atoms with Gasteiger partial charge in [0, 0.05) is 6.08 Å². The van der Waals surface area contributed by atoms with Gasteiger partial charge in [-0.2, -0.15) is 0 Å². The molecule has 114 valence electrons. The minimum Gasteiger partial charge on any atom is -0.466 e. The summed E-state index contributed by atoms with van der Waals surface area (Å²) in [5.41, 5.74) is 5.19. The number of esters is 1. The second-order valence-electron chi connectivity index (χ2n) is 6.03. The highest BCUT2D eigenvalue weighted by molar-refractivity contribution is 5.83. The zero-order chi connectivity index (χ0) is 15.7. The zero-order valence-corrected chi connectivity index (χ0v) is 14.2. The summed E-state index contributed by atoms with van der Waals surface area (Å²) in [6.45, 7) is 12.9. The molecule has 2 nitrogen and oxygen atoms in total. The van der Waals surface area contributed by atoms with Gasteiger partial charge >= 0.3 is 5.97 Å². The lowest BCUT2D eigenvalue weighted by molar-refractivity contribution is -0.134. The SMILES string of the molecule is COC(=O)/C=C(C)/C=C(\C)CC(C)CCC(C)=C(C)C. The lowest BCUT2D eigenvalue weighted by Crippen LogP contribution is -1.98. The molecule has 1 atom stereocenters. The second-order valence-corrected chi connectivity index (χ2v) is 6.03. The van der Waals surface area contributed by atoms with E-state index in [1.807, 2.05) is 6.92 Å². The molecule has 20 heavy (non-hydrogen) atoms. The molecule has 0 aliphatic carbocycles. The monoisotopic (exact) mass is 278 g/mol. The van der Waals surface area contributed by atoms with Crippen LogP contribution in [0.2, 0.25) is 0 Å².